The summed E-state index contributed by atoms with van der Waals surface area (Å²) in [4.78, 5) is 23.2. The average molecular weight is 457 g/mol. The zero-order valence-electron chi connectivity index (χ0n) is 16.8. The highest BCUT2D eigenvalue weighted by Gasteiger charge is 2.31. The lowest BCUT2D eigenvalue weighted by atomic mass is 10.1. The fourth-order valence-electron chi connectivity index (χ4n) is 2.81. The highest BCUT2D eigenvalue weighted by Crippen LogP contribution is 2.32. The summed E-state index contributed by atoms with van der Waals surface area (Å²) in [5.41, 5.74) is 0.542. The number of rotatable bonds is 6. The molecule has 3 aromatic rings. The van der Waals surface area contributed by atoms with Gasteiger partial charge in [-0.15, -0.1) is 13.2 Å². The van der Waals surface area contributed by atoms with Crippen LogP contribution in [0.4, 0.5) is 24.5 Å². The van der Waals surface area contributed by atoms with Crippen molar-refractivity contribution in [2.75, 3.05) is 5.32 Å². The second-order valence-electron chi connectivity index (χ2n) is 6.68. The van der Waals surface area contributed by atoms with Crippen LogP contribution in [0, 0.1) is 28.4 Å². The molecule has 0 unspecified atom stereocenters. The first kappa shape index (κ1) is 23.1. The Labute approximate surface area is 184 Å². The van der Waals surface area contributed by atoms with Crippen LogP contribution in [-0.2, 0) is 4.79 Å². The predicted molar refractivity (Wildman–Crippen MR) is 111 cm³/mol. The fraction of sp³-hybridized carbons (Fsp3) is 0.0909. The highest BCUT2D eigenvalue weighted by molar-refractivity contribution is 6.09. The van der Waals surface area contributed by atoms with Gasteiger partial charge in [0.2, 0.25) is 0 Å². The molecule has 1 N–H and O–H groups in total. The summed E-state index contributed by atoms with van der Waals surface area (Å²) in [6.45, 7) is 1.71. The largest absolute Gasteiger partial charge is 0.573 e. The third-order valence-electron chi connectivity index (χ3n) is 4.24. The van der Waals surface area contributed by atoms with E-state index in [0.717, 1.165) is 18.2 Å². The molecule has 8 nitrogen and oxygen atoms in total. The third-order valence-corrected chi connectivity index (χ3v) is 4.24. The monoisotopic (exact) mass is 457 g/mol. The van der Waals surface area contributed by atoms with Crippen molar-refractivity contribution in [3.8, 4) is 23.1 Å². The summed E-state index contributed by atoms with van der Waals surface area (Å²) < 4.78 is 46.0. The van der Waals surface area contributed by atoms with Crippen molar-refractivity contribution in [2.45, 2.75) is 13.3 Å². The van der Waals surface area contributed by atoms with E-state index in [1.54, 1.807) is 19.1 Å². The average Bonchev–Trinajstić information content (AvgIpc) is 3.20. The molecular weight excluding hydrogens is 443 g/mol. The Morgan fingerprint density at radius 2 is 1.88 bits per heavy atom. The lowest BCUT2D eigenvalue weighted by Gasteiger charge is -2.09. The second-order valence-corrected chi connectivity index (χ2v) is 6.68. The van der Waals surface area contributed by atoms with Crippen molar-refractivity contribution in [3.05, 3.63) is 81.6 Å². The number of amides is 1. The molecule has 0 aliphatic rings. The molecule has 1 amide bonds. The maximum absolute atomic E-state index is 12.4. The first-order chi connectivity index (χ1) is 15.6. The number of anilines is 1. The smallest absolute Gasteiger partial charge is 0.456 e. The SMILES string of the molecule is Cc1ccc(-c2ccc(/C=C(\C#N)C(=O)Nc3ccc(OC(F)(F)F)cc3)o2)c([N+](=O)[O-])c1. The number of alkyl halides is 3. The van der Waals surface area contributed by atoms with Gasteiger partial charge in [0.15, 0.2) is 0 Å². The number of halogens is 3. The fourth-order valence-corrected chi connectivity index (χ4v) is 2.81. The minimum atomic E-state index is -4.84. The maximum Gasteiger partial charge on any atom is 0.573 e. The normalized spacial score (nSPS) is 11.5. The predicted octanol–water partition coefficient (Wildman–Crippen LogP) is 5.61. The van der Waals surface area contributed by atoms with Gasteiger partial charge in [0.1, 0.15) is 28.9 Å². The molecule has 0 bridgehead atoms. The summed E-state index contributed by atoms with van der Waals surface area (Å²) in [7, 11) is 0. The van der Waals surface area contributed by atoms with Gasteiger partial charge < -0.3 is 14.5 Å². The van der Waals surface area contributed by atoms with Crippen LogP contribution in [0.2, 0.25) is 0 Å². The van der Waals surface area contributed by atoms with Gasteiger partial charge in [0.05, 0.1) is 10.5 Å². The lowest BCUT2D eigenvalue weighted by molar-refractivity contribution is -0.384. The van der Waals surface area contributed by atoms with E-state index in [0.29, 0.717) is 5.56 Å². The summed E-state index contributed by atoms with van der Waals surface area (Å²) in [5, 5.41) is 23.0. The highest BCUT2D eigenvalue weighted by atomic mass is 19.4. The van der Waals surface area contributed by atoms with Crippen LogP contribution < -0.4 is 10.1 Å². The number of aryl methyl sites for hydroxylation is 1. The van der Waals surface area contributed by atoms with Crippen molar-refractivity contribution in [1.29, 1.82) is 5.26 Å². The Bertz CT molecular complexity index is 1270. The molecule has 0 spiro atoms. The van der Waals surface area contributed by atoms with Gasteiger partial charge in [-0.25, -0.2) is 0 Å². The van der Waals surface area contributed by atoms with Crippen LogP contribution in [-0.4, -0.2) is 17.2 Å². The van der Waals surface area contributed by atoms with Crippen molar-refractivity contribution < 1.29 is 32.0 Å². The number of nitro benzene ring substituents is 1. The molecule has 0 atom stereocenters. The van der Waals surface area contributed by atoms with Gasteiger partial charge in [-0.2, -0.15) is 5.26 Å². The Kier molecular flexibility index (Phi) is 6.48. The molecule has 11 heteroatoms. The van der Waals surface area contributed by atoms with Gasteiger partial charge in [-0.1, -0.05) is 6.07 Å². The molecule has 0 fully saturated rings. The first-order valence-electron chi connectivity index (χ1n) is 9.20. The van der Waals surface area contributed by atoms with Crippen molar-refractivity contribution in [1.82, 2.24) is 0 Å². The van der Waals surface area contributed by atoms with Crippen LogP contribution in [0.5, 0.6) is 5.75 Å². The molecule has 168 valence electrons. The third kappa shape index (κ3) is 5.98. The van der Waals surface area contributed by atoms with Crippen LogP contribution in [0.25, 0.3) is 17.4 Å². The number of furan rings is 1. The lowest BCUT2D eigenvalue weighted by Crippen LogP contribution is -2.17. The summed E-state index contributed by atoms with van der Waals surface area (Å²) in [6, 6.07) is 13.6. The Balaban J connectivity index is 1.78. The van der Waals surface area contributed by atoms with Crippen LogP contribution in [0.1, 0.15) is 11.3 Å². The number of carbonyl (C=O) groups excluding carboxylic acids is 1. The zero-order chi connectivity index (χ0) is 24.2. The molecule has 3 rings (SSSR count). The number of nitrogens with one attached hydrogen (secondary N) is 1. The molecule has 0 aliphatic carbocycles. The Morgan fingerprint density at radius 3 is 2.48 bits per heavy atom. The molecule has 0 aliphatic heterocycles. The van der Waals surface area contributed by atoms with Gasteiger partial charge >= 0.3 is 6.36 Å². The number of carbonyl (C=O) groups is 1. The maximum atomic E-state index is 12.4. The van der Waals surface area contributed by atoms with Crippen molar-refractivity contribution >= 4 is 23.4 Å². The van der Waals surface area contributed by atoms with E-state index in [2.05, 4.69) is 10.1 Å². The molecule has 0 saturated heterocycles. The topological polar surface area (TPSA) is 118 Å². The minimum Gasteiger partial charge on any atom is -0.456 e. The van der Waals surface area contributed by atoms with E-state index in [9.17, 15) is 33.3 Å². The van der Waals surface area contributed by atoms with Gasteiger partial charge in [0, 0.05) is 17.8 Å². The molecule has 1 aromatic heterocycles. The Morgan fingerprint density at radius 1 is 1.18 bits per heavy atom. The number of nitro groups is 1. The molecule has 0 saturated carbocycles. The van der Waals surface area contributed by atoms with Gasteiger partial charge in [0.25, 0.3) is 11.6 Å². The van der Waals surface area contributed by atoms with E-state index < -0.39 is 22.9 Å². The quantitative estimate of drug-likeness (QED) is 0.223. The molecule has 1 heterocycles. The summed E-state index contributed by atoms with van der Waals surface area (Å²) in [5.74, 6) is -1.03. The van der Waals surface area contributed by atoms with Gasteiger partial charge in [-0.3, -0.25) is 14.9 Å². The number of benzene rings is 2. The van der Waals surface area contributed by atoms with E-state index in [1.807, 2.05) is 0 Å². The van der Waals surface area contributed by atoms with E-state index >= 15 is 0 Å². The number of ether oxygens (including phenoxy) is 1. The molecular formula is C22H14F3N3O5. The van der Waals surface area contributed by atoms with Crippen molar-refractivity contribution in [3.63, 3.8) is 0 Å². The molecule has 33 heavy (non-hydrogen) atoms. The van der Waals surface area contributed by atoms with Crippen LogP contribution >= 0.6 is 0 Å². The Hall–Kier alpha value is -4.59. The standard InChI is InChI=1S/C22H14F3N3O5/c1-13-2-8-18(19(10-13)28(30)31)20-9-7-17(32-20)11-14(12-26)21(29)27-15-3-5-16(6-4-15)33-22(23,24)25/h2-11H,1H3,(H,27,29)/b14-11+. The first-order valence-corrected chi connectivity index (χ1v) is 9.20. The number of nitrogens with zero attached hydrogens (tertiary/aromatic N) is 2. The van der Waals surface area contributed by atoms with Crippen LogP contribution in [0.15, 0.2) is 64.6 Å². The summed E-state index contributed by atoms with van der Waals surface area (Å²) in [6.07, 6.45) is -3.71. The molecule has 2 aromatic carbocycles. The summed E-state index contributed by atoms with van der Waals surface area (Å²) >= 11 is 0. The van der Waals surface area contributed by atoms with Crippen LogP contribution in [0.3, 0.4) is 0 Å². The second kappa shape index (κ2) is 9.27. The number of hydrogen-bond donors (Lipinski definition) is 1. The van der Waals surface area contributed by atoms with E-state index in [-0.39, 0.29) is 34.0 Å². The molecule has 0 radical (unpaired) electrons. The number of hydrogen-bond acceptors (Lipinski definition) is 6. The minimum absolute atomic E-state index is 0.0977. The number of nitriles is 1. The van der Waals surface area contributed by atoms with Gasteiger partial charge in [-0.05, 0) is 55.0 Å². The van der Waals surface area contributed by atoms with E-state index in [1.165, 1.54) is 36.4 Å². The van der Waals surface area contributed by atoms with E-state index in [4.69, 9.17) is 4.42 Å². The van der Waals surface area contributed by atoms with Crippen molar-refractivity contribution in [2.24, 2.45) is 0 Å². The zero-order valence-corrected chi connectivity index (χ0v) is 16.8.